The van der Waals surface area contributed by atoms with E-state index in [1.165, 1.54) is 9.80 Å². The molecule has 308 valence electrons. The second kappa shape index (κ2) is 16.2. The molecule has 0 radical (unpaired) electrons. The summed E-state index contributed by atoms with van der Waals surface area (Å²) in [6.45, 7) is 9.79. The molecule has 2 saturated carbocycles. The van der Waals surface area contributed by atoms with Crippen molar-refractivity contribution in [2.24, 2.45) is 11.3 Å². The van der Waals surface area contributed by atoms with Crippen molar-refractivity contribution in [3.05, 3.63) is 78.5 Å². The molecular weight excluding hydrogens is 764 g/mol. The van der Waals surface area contributed by atoms with Crippen LogP contribution in [0.5, 0.6) is 0 Å². The van der Waals surface area contributed by atoms with Crippen LogP contribution in [-0.2, 0) is 29.2 Å². The van der Waals surface area contributed by atoms with Gasteiger partial charge in [-0.25, -0.2) is 22.5 Å². The van der Waals surface area contributed by atoms with Gasteiger partial charge in [0.05, 0.1) is 27.9 Å². The van der Waals surface area contributed by atoms with Gasteiger partial charge in [-0.05, 0) is 62.5 Å². The fourth-order valence-corrected chi connectivity index (χ4v) is 9.25. The first-order chi connectivity index (χ1) is 27.5. The molecule has 1 aromatic heterocycles. The molecule has 1 unspecified atom stereocenters. The van der Waals surface area contributed by atoms with Gasteiger partial charge in [0.15, 0.2) is 0 Å². The van der Waals surface area contributed by atoms with Gasteiger partial charge in [0.2, 0.25) is 27.7 Å². The van der Waals surface area contributed by atoms with Crippen LogP contribution in [0.4, 0.5) is 4.39 Å². The molecule has 13 nitrogen and oxygen atoms in total. The number of hydrogen-bond donors (Lipinski definition) is 2. The molecule has 2 saturated heterocycles. The second-order valence-corrected chi connectivity index (χ2v) is 19.1. The van der Waals surface area contributed by atoms with E-state index in [1.807, 2.05) is 69.3 Å². The number of carbonyl (C=O) groups is 5. The van der Waals surface area contributed by atoms with E-state index in [2.05, 4.69) is 16.6 Å². The van der Waals surface area contributed by atoms with Gasteiger partial charge in [-0.15, -0.1) is 0 Å². The number of sulfonamides is 1. The molecule has 2 N–H and O–H groups in total. The van der Waals surface area contributed by atoms with Crippen molar-refractivity contribution in [3.8, 4) is 11.3 Å². The molecule has 0 spiro atoms. The number of pyridine rings is 1. The number of para-hydroxylation sites is 1. The molecular formula is C43H51FN6O7S. The number of fused-ring (bicyclic) bond motifs is 1. The Morgan fingerprint density at radius 2 is 1.60 bits per heavy atom. The summed E-state index contributed by atoms with van der Waals surface area (Å²) in [5.41, 5.74) is 1.28. The van der Waals surface area contributed by atoms with Crippen molar-refractivity contribution in [3.63, 3.8) is 0 Å². The number of piperidine rings is 1. The summed E-state index contributed by atoms with van der Waals surface area (Å²) >= 11 is 0. The standard InChI is InChI=1S/C43H51FN6O7S/c1-26(39(52)47-58(56,57)31-16-17-31)50(30-14-15-30)42(55)37-22-29(25-49(37)41(54)34(43(2,3)4)24-38(51)48-20-18-28(44)19-21-48)45-40(53)33-23-36(27-10-6-5-7-11-27)46-35-13-9-8-12-32(33)35/h5-13,23,28-31,34,37H,1,14-22,24-25H2,2-4H3,(H,45,53)(H,47,52)/t29-,34?,37+/m1/s1. The van der Waals surface area contributed by atoms with Crippen molar-refractivity contribution >= 4 is 50.5 Å². The van der Waals surface area contributed by atoms with Gasteiger partial charge < -0.3 is 20.0 Å². The Labute approximate surface area is 338 Å². The van der Waals surface area contributed by atoms with E-state index in [1.54, 1.807) is 17.0 Å². The SMILES string of the molecule is C=C(C(=O)NS(=O)(=O)C1CC1)N(C(=O)[C@@H]1C[C@@H](NC(=O)c2cc(-c3ccccc3)nc3ccccc23)CN1C(=O)C(CC(=O)N1CCC(F)CC1)C(C)(C)C)C1CC1. The van der Waals surface area contributed by atoms with Gasteiger partial charge >= 0.3 is 0 Å². The summed E-state index contributed by atoms with van der Waals surface area (Å²) in [7, 11) is -3.95. The minimum Gasteiger partial charge on any atom is -0.347 e. The molecule has 3 heterocycles. The summed E-state index contributed by atoms with van der Waals surface area (Å²) in [4.78, 5) is 79.8. The Morgan fingerprint density at radius 3 is 2.24 bits per heavy atom. The number of alkyl halides is 1. The zero-order valence-electron chi connectivity index (χ0n) is 33.2. The lowest BCUT2D eigenvalue weighted by atomic mass is 9.77. The topological polar surface area (TPSA) is 166 Å². The minimum atomic E-state index is -3.95. The monoisotopic (exact) mass is 814 g/mol. The third kappa shape index (κ3) is 8.93. The average Bonchev–Trinajstić information content (AvgIpc) is 4.14. The van der Waals surface area contributed by atoms with E-state index in [9.17, 15) is 36.8 Å². The normalized spacial score (nSPS) is 20.7. The van der Waals surface area contributed by atoms with Crippen molar-refractivity contribution in [1.29, 1.82) is 0 Å². The molecule has 2 aliphatic heterocycles. The fraction of sp³-hybridized carbons (Fsp3) is 0.488. The first-order valence-corrected chi connectivity index (χ1v) is 21.6. The molecule has 2 aromatic carbocycles. The molecule has 4 aliphatic rings. The van der Waals surface area contributed by atoms with E-state index in [-0.39, 0.29) is 56.9 Å². The zero-order chi connectivity index (χ0) is 41.5. The van der Waals surface area contributed by atoms with Crippen LogP contribution in [0.15, 0.2) is 72.9 Å². The lowest BCUT2D eigenvalue weighted by molar-refractivity contribution is -0.150. The average molecular weight is 815 g/mol. The quantitative estimate of drug-likeness (QED) is 0.248. The number of benzene rings is 2. The van der Waals surface area contributed by atoms with Crippen molar-refractivity contribution in [1.82, 2.24) is 29.7 Å². The maximum atomic E-state index is 14.9. The lowest BCUT2D eigenvalue weighted by Crippen LogP contribution is -2.53. The summed E-state index contributed by atoms with van der Waals surface area (Å²) in [5.74, 6) is -3.72. The number of nitrogens with zero attached hydrogens (tertiary/aromatic N) is 4. The molecule has 3 atom stereocenters. The number of hydrogen-bond acceptors (Lipinski definition) is 8. The van der Waals surface area contributed by atoms with Crippen LogP contribution < -0.4 is 10.0 Å². The molecule has 7 rings (SSSR count). The van der Waals surface area contributed by atoms with Crippen LogP contribution in [0, 0.1) is 11.3 Å². The van der Waals surface area contributed by atoms with Gasteiger partial charge in [0.1, 0.15) is 17.9 Å². The highest BCUT2D eigenvalue weighted by molar-refractivity contribution is 7.91. The molecule has 15 heteroatoms. The molecule has 2 aliphatic carbocycles. The Bertz CT molecular complexity index is 2230. The van der Waals surface area contributed by atoms with Gasteiger partial charge in [0, 0.05) is 49.1 Å². The highest BCUT2D eigenvalue weighted by atomic mass is 32.2. The third-order valence-electron chi connectivity index (χ3n) is 11.6. The molecule has 58 heavy (non-hydrogen) atoms. The first-order valence-electron chi connectivity index (χ1n) is 20.1. The number of halogens is 1. The predicted octanol–water partition coefficient (Wildman–Crippen LogP) is 4.73. The van der Waals surface area contributed by atoms with Gasteiger partial charge in [-0.3, -0.25) is 24.0 Å². The number of nitrogens with one attached hydrogen (secondary N) is 2. The maximum Gasteiger partial charge on any atom is 0.280 e. The number of aromatic nitrogens is 1. The Kier molecular flexibility index (Phi) is 11.5. The van der Waals surface area contributed by atoms with Gasteiger partial charge in [0.25, 0.3) is 11.8 Å². The Balaban J connectivity index is 1.19. The smallest absolute Gasteiger partial charge is 0.280 e. The molecule has 5 amide bonds. The fourth-order valence-electron chi connectivity index (χ4n) is 7.95. The van der Waals surface area contributed by atoms with Crippen LogP contribution in [0.3, 0.4) is 0 Å². The van der Waals surface area contributed by atoms with Crippen molar-refractivity contribution in [2.75, 3.05) is 19.6 Å². The van der Waals surface area contributed by atoms with Crippen LogP contribution in [0.1, 0.15) is 82.5 Å². The van der Waals surface area contributed by atoms with Crippen molar-refractivity contribution < 1.29 is 36.8 Å². The second-order valence-electron chi connectivity index (χ2n) is 17.1. The number of likely N-dealkylation sites (tertiary alicyclic amines) is 2. The maximum absolute atomic E-state index is 14.9. The lowest BCUT2D eigenvalue weighted by Gasteiger charge is -2.37. The third-order valence-corrected chi connectivity index (χ3v) is 13.5. The van der Waals surface area contributed by atoms with Crippen LogP contribution in [-0.4, -0.2) is 107 Å². The number of rotatable bonds is 12. The number of amides is 5. The van der Waals surface area contributed by atoms with Crippen LogP contribution in [0.2, 0.25) is 0 Å². The molecule has 4 fully saturated rings. The van der Waals surface area contributed by atoms with Crippen LogP contribution >= 0.6 is 0 Å². The predicted molar refractivity (Wildman–Crippen MR) is 216 cm³/mol. The van der Waals surface area contributed by atoms with Crippen molar-refractivity contribution in [2.45, 2.75) is 102 Å². The highest BCUT2D eigenvalue weighted by Gasteiger charge is 2.50. The summed E-state index contributed by atoms with van der Waals surface area (Å²) in [6, 6.07) is 16.1. The van der Waals surface area contributed by atoms with E-state index in [0.717, 1.165) is 5.56 Å². The summed E-state index contributed by atoms with van der Waals surface area (Å²) in [6.07, 6.45) is 1.23. The zero-order valence-corrected chi connectivity index (χ0v) is 34.0. The highest BCUT2D eigenvalue weighted by Crippen LogP contribution is 2.37. The summed E-state index contributed by atoms with van der Waals surface area (Å²) in [5, 5.41) is 3.01. The van der Waals surface area contributed by atoms with E-state index in [0.29, 0.717) is 47.8 Å². The van der Waals surface area contributed by atoms with E-state index in [4.69, 9.17) is 4.98 Å². The summed E-state index contributed by atoms with van der Waals surface area (Å²) < 4.78 is 41.4. The van der Waals surface area contributed by atoms with Gasteiger partial charge in [-0.1, -0.05) is 75.9 Å². The number of carbonyl (C=O) groups excluding carboxylic acids is 5. The molecule has 3 aromatic rings. The van der Waals surface area contributed by atoms with E-state index >= 15 is 0 Å². The van der Waals surface area contributed by atoms with Crippen LogP contribution in [0.25, 0.3) is 22.2 Å². The van der Waals surface area contributed by atoms with E-state index < -0.39 is 74.5 Å². The minimum absolute atomic E-state index is 0.0157. The Hall–Kier alpha value is -5.18. The Morgan fingerprint density at radius 1 is 0.948 bits per heavy atom. The largest absolute Gasteiger partial charge is 0.347 e. The molecule has 0 bridgehead atoms. The van der Waals surface area contributed by atoms with Gasteiger partial charge in [-0.2, -0.15) is 0 Å². The first kappa shape index (κ1) is 41.0.